The van der Waals surface area contributed by atoms with Crippen LogP contribution in [-0.2, 0) is 4.79 Å². The average Bonchev–Trinajstić information content (AvgIpc) is 2.13. The molecule has 0 radical (unpaired) electrons. The lowest BCUT2D eigenvalue weighted by molar-refractivity contribution is -0.122. The molecule has 0 bridgehead atoms. The molecule has 1 N–H and O–H groups in total. The van der Waals surface area contributed by atoms with Gasteiger partial charge >= 0.3 is 0 Å². The lowest BCUT2D eigenvalue weighted by Crippen LogP contribution is -2.41. The molecule has 3 heteroatoms. The van der Waals surface area contributed by atoms with Crippen molar-refractivity contribution >= 4 is 5.91 Å². The Hall–Kier alpha value is -0.570. The van der Waals surface area contributed by atoms with Crippen molar-refractivity contribution in [2.45, 2.75) is 40.2 Å². The van der Waals surface area contributed by atoms with Crippen molar-refractivity contribution < 1.29 is 4.79 Å². The van der Waals surface area contributed by atoms with Gasteiger partial charge in [0.25, 0.3) is 0 Å². The first kappa shape index (κ1) is 12.4. The molecule has 78 valence electrons. The van der Waals surface area contributed by atoms with Crippen molar-refractivity contribution in [2.24, 2.45) is 0 Å². The molecule has 1 unspecified atom stereocenters. The van der Waals surface area contributed by atoms with Crippen LogP contribution in [0.15, 0.2) is 0 Å². The summed E-state index contributed by atoms with van der Waals surface area (Å²) >= 11 is 0. The van der Waals surface area contributed by atoms with Gasteiger partial charge in [-0.3, -0.25) is 9.69 Å². The maximum absolute atomic E-state index is 11.3. The molecule has 1 atom stereocenters. The molecule has 0 spiro atoms. The van der Waals surface area contributed by atoms with Crippen molar-refractivity contribution in [3.05, 3.63) is 0 Å². The summed E-state index contributed by atoms with van der Waals surface area (Å²) in [7, 11) is 0. The molecular formula is C10H22N2O. The molecule has 0 fully saturated rings. The molecule has 3 nitrogen and oxygen atoms in total. The Morgan fingerprint density at radius 2 is 2.00 bits per heavy atom. The van der Waals surface area contributed by atoms with E-state index in [0.29, 0.717) is 12.6 Å². The second-order valence-electron chi connectivity index (χ2n) is 3.27. The maximum Gasteiger partial charge on any atom is 0.234 e. The number of likely N-dealkylation sites (N-methyl/N-ethyl adjacent to an activating group) is 2. The fourth-order valence-corrected chi connectivity index (χ4v) is 1.28. The van der Waals surface area contributed by atoms with E-state index < -0.39 is 0 Å². The van der Waals surface area contributed by atoms with E-state index >= 15 is 0 Å². The molecule has 0 aromatic carbocycles. The number of nitrogens with zero attached hydrogens (tertiary/aromatic N) is 1. The molecular weight excluding hydrogens is 164 g/mol. The fraction of sp³-hybridized carbons (Fsp3) is 0.900. The van der Waals surface area contributed by atoms with Gasteiger partial charge in [0.2, 0.25) is 5.91 Å². The summed E-state index contributed by atoms with van der Waals surface area (Å²) in [5, 5.41) is 2.81. The van der Waals surface area contributed by atoms with Crippen molar-refractivity contribution in [3.63, 3.8) is 0 Å². The standard InChI is InChI=1S/C10H22N2O/c1-5-9(4)12(7-3)8-10(13)11-6-2/h9H,5-8H2,1-4H3,(H,11,13). The first-order valence-electron chi connectivity index (χ1n) is 5.16. The number of hydrogen-bond donors (Lipinski definition) is 1. The first-order valence-corrected chi connectivity index (χ1v) is 5.16. The van der Waals surface area contributed by atoms with E-state index in [-0.39, 0.29) is 5.91 Å². The minimum atomic E-state index is 0.129. The number of carbonyl (C=O) groups excluding carboxylic acids is 1. The van der Waals surface area contributed by atoms with E-state index in [1.807, 2.05) is 6.92 Å². The third-order valence-electron chi connectivity index (χ3n) is 2.34. The molecule has 0 aliphatic carbocycles. The summed E-state index contributed by atoms with van der Waals surface area (Å²) in [6.45, 7) is 10.5. The third-order valence-corrected chi connectivity index (χ3v) is 2.34. The molecule has 0 saturated carbocycles. The Balaban J connectivity index is 3.89. The van der Waals surface area contributed by atoms with Crippen molar-refractivity contribution in [3.8, 4) is 0 Å². The van der Waals surface area contributed by atoms with Gasteiger partial charge in [0.05, 0.1) is 6.54 Å². The summed E-state index contributed by atoms with van der Waals surface area (Å²) in [5.74, 6) is 0.129. The van der Waals surface area contributed by atoms with Gasteiger partial charge in [-0.15, -0.1) is 0 Å². The molecule has 1 amide bonds. The van der Waals surface area contributed by atoms with Crippen LogP contribution < -0.4 is 5.32 Å². The number of rotatable bonds is 6. The molecule has 0 aromatic heterocycles. The maximum atomic E-state index is 11.3. The topological polar surface area (TPSA) is 32.3 Å². The van der Waals surface area contributed by atoms with Crippen LogP contribution in [-0.4, -0.2) is 36.5 Å². The van der Waals surface area contributed by atoms with Gasteiger partial charge in [0.1, 0.15) is 0 Å². The lowest BCUT2D eigenvalue weighted by atomic mass is 10.2. The fourth-order valence-electron chi connectivity index (χ4n) is 1.28. The Labute approximate surface area is 81.5 Å². The molecule has 0 aromatic rings. The van der Waals surface area contributed by atoms with Crippen LogP contribution in [0.1, 0.15) is 34.1 Å². The molecule has 0 heterocycles. The molecule has 0 aliphatic rings. The van der Waals surface area contributed by atoms with E-state index in [9.17, 15) is 4.79 Å². The summed E-state index contributed by atoms with van der Waals surface area (Å²) in [6, 6.07) is 0.493. The van der Waals surface area contributed by atoms with E-state index in [0.717, 1.165) is 19.5 Å². The van der Waals surface area contributed by atoms with E-state index in [4.69, 9.17) is 0 Å². The Morgan fingerprint density at radius 1 is 1.38 bits per heavy atom. The highest BCUT2D eigenvalue weighted by Crippen LogP contribution is 2.01. The predicted octanol–water partition coefficient (Wildman–Crippen LogP) is 1.24. The second kappa shape index (κ2) is 6.89. The summed E-state index contributed by atoms with van der Waals surface area (Å²) in [5.41, 5.74) is 0. The summed E-state index contributed by atoms with van der Waals surface area (Å²) in [6.07, 6.45) is 1.09. The van der Waals surface area contributed by atoms with Crippen LogP contribution in [0.2, 0.25) is 0 Å². The molecule has 0 saturated heterocycles. The minimum Gasteiger partial charge on any atom is -0.355 e. The monoisotopic (exact) mass is 186 g/mol. The Kier molecular flexibility index (Phi) is 6.59. The average molecular weight is 186 g/mol. The van der Waals surface area contributed by atoms with Gasteiger partial charge in [-0.2, -0.15) is 0 Å². The largest absolute Gasteiger partial charge is 0.355 e. The zero-order valence-corrected chi connectivity index (χ0v) is 9.26. The van der Waals surface area contributed by atoms with E-state index in [2.05, 4.69) is 31.0 Å². The van der Waals surface area contributed by atoms with Gasteiger partial charge in [-0.1, -0.05) is 13.8 Å². The van der Waals surface area contributed by atoms with E-state index in [1.165, 1.54) is 0 Å². The van der Waals surface area contributed by atoms with Crippen molar-refractivity contribution in [2.75, 3.05) is 19.6 Å². The summed E-state index contributed by atoms with van der Waals surface area (Å²) < 4.78 is 0. The van der Waals surface area contributed by atoms with Crippen molar-refractivity contribution in [1.82, 2.24) is 10.2 Å². The van der Waals surface area contributed by atoms with Gasteiger partial charge in [-0.05, 0) is 26.8 Å². The SMILES string of the molecule is CCNC(=O)CN(CC)C(C)CC. The zero-order chi connectivity index (χ0) is 10.3. The molecule has 13 heavy (non-hydrogen) atoms. The number of amides is 1. The first-order chi connectivity index (χ1) is 6.15. The quantitative estimate of drug-likeness (QED) is 0.677. The smallest absolute Gasteiger partial charge is 0.234 e. The van der Waals surface area contributed by atoms with E-state index in [1.54, 1.807) is 0 Å². The Morgan fingerprint density at radius 3 is 2.38 bits per heavy atom. The van der Waals surface area contributed by atoms with Gasteiger partial charge in [0.15, 0.2) is 0 Å². The third kappa shape index (κ3) is 4.88. The van der Waals surface area contributed by atoms with Crippen molar-refractivity contribution in [1.29, 1.82) is 0 Å². The van der Waals surface area contributed by atoms with Crippen LogP contribution in [0.4, 0.5) is 0 Å². The number of hydrogen-bond acceptors (Lipinski definition) is 2. The van der Waals surface area contributed by atoms with Gasteiger partial charge in [-0.25, -0.2) is 0 Å². The van der Waals surface area contributed by atoms with Gasteiger partial charge < -0.3 is 5.32 Å². The highest BCUT2D eigenvalue weighted by Gasteiger charge is 2.12. The number of carbonyl (C=O) groups is 1. The van der Waals surface area contributed by atoms with Gasteiger partial charge in [0, 0.05) is 12.6 Å². The zero-order valence-electron chi connectivity index (χ0n) is 9.26. The minimum absolute atomic E-state index is 0.129. The van der Waals surface area contributed by atoms with Crippen LogP contribution in [0, 0.1) is 0 Å². The lowest BCUT2D eigenvalue weighted by Gasteiger charge is -2.25. The highest BCUT2D eigenvalue weighted by molar-refractivity contribution is 5.77. The van der Waals surface area contributed by atoms with Crippen LogP contribution in [0.5, 0.6) is 0 Å². The summed E-state index contributed by atoms with van der Waals surface area (Å²) in [4.78, 5) is 13.5. The second-order valence-corrected chi connectivity index (χ2v) is 3.27. The Bertz CT molecular complexity index is 148. The normalized spacial score (nSPS) is 13.0. The highest BCUT2D eigenvalue weighted by atomic mass is 16.2. The number of nitrogens with one attached hydrogen (secondary N) is 1. The van der Waals surface area contributed by atoms with Crippen LogP contribution >= 0.6 is 0 Å². The van der Waals surface area contributed by atoms with Crippen LogP contribution in [0.3, 0.4) is 0 Å². The van der Waals surface area contributed by atoms with Crippen LogP contribution in [0.25, 0.3) is 0 Å². The molecule has 0 rings (SSSR count). The predicted molar refractivity (Wildman–Crippen MR) is 55.7 cm³/mol. The molecule has 0 aliphatic heterocycles.